The average Bonchev–Trinajstić information content (AvgIpc) is 2.35. The van der Waals surface area contributed by atoms with E-state index in [-0.39, 0.29) is 6.04 Å². The van der Waals surface area contributed by atoms with Gasteiger partial charge in [-0.1, -0.05) is 50.1 Å². The second-order valence-corrected chi connectivity index (χ2v) is 5.58. The van der Waals surface area contributed by atoms with E-state index in [1.807, 2.05) is 0 Å². The SMILES string of the molecule is CCC(C)CN(C)CCC(N)c1cccc(C)c1. The third-order valence-electron chi connectivity index (χ3n) is 3.61. The van der Waals surface area contributed by atoms with Crippen molar-refractivity contribution >= 4 is 0 Å². The Morgan fingerprint density at radius 2 is 2.06 bits per heavy atom. The predicted molar refractivity (Wildman–Crippen MR) is 79.7 cm³/mol. The van der Waals surface area contributed by atoms with Crippen LogP contribution in [0.15, 0.2) is 24.3 Å². The molecular weight excluding hydrogens is 220 g/mol. The molecule has 0 aromatic heterocycles. The standard InChI is InChI=1S/C16H28N2/c1-5-13(2)12-18(4)10-9-16(17)15-8-6-7-14(3)11-15/h6-8,11,13,16H,5,9-10,12,17H2,1-4H3. The minimum atomic E-state index is 0.157. The molecule has 2 heteroatoms. The van der Waals surface area contributed by atoms with Crippen LogP contribution in [0, 0.1) is 12.8 Å². The van der Waals surface area contributed by atoms with Crippen molar-refractivity contribution in [3.05, 3.63) is 35.4 Å². The quantitative estimate of drug-likeness (QED) is 0.801. The van der Waals surface area contributed by atoms with Gasteiger partial charge < -0.3 is 10.6 Å². The molecule has 1 aromatic rings. The Morgan fingerprint density at radius 3 is 2.67 bits per heavy atom. The fourth-order valence-electron chi connectivity index (χ4n) is 2.18. The molecule has 1 aromatic carbocycles. The summed E-state index contributed by atoms with van der Waals surface area (Å²) in [4.78, 5) is 2.39. The van der Waals surface area contributed by atoms with Crippen LogP contribution in [-0.4, -0.2) is 25.0 Å². The van der Waals surface area contributed by atoms with Gasteiger partial charge in [-0.2, -0.15) is 0 Å². The maximum atomic E-state index is 6.25. The first kappa shape index (κ1) is 15.2. The van der Waals surface area contributed by atoms with E-state index in [9.17, 15) is 0 Å². The highest BCUT2D eigenvalue weighted by Crippen LogP contribution is 2.16. The molecule has 0 heterocycles. The van der Waals surface area contributed by atoms with Gasteiger partial charge in [0.25, 0.3) is 0 Å². The van der Waals surface area contributed by atoms with Crippen molar-refractivity contribution in [1.29, 1.82) is 0 Å². The minimum Gasteiger partial charge on any atom is -0.324 e. The predicted octanol–water partition coefficient (Wildman–Crippen LogP) is 3.36. The molecule has 0 bridgehead atoms. The van der Waals surface area contributed by atoms with E-state index < -0.39 is 0 Å². The third-order valence-corrected chi connectivity index (χ3v) is 3.61. The van der Waals surface area contributed by atoms with Crippen LogP contribution >= 0.6 is 0 Å². The number of nitrogens with zero attached hydrogens (tertiary/aromatic N) is 1. The van der Waals surface area contributed by atoms with Crippen LogP contribution in [0.2, 0.25) is 0 Å². The zero-order valence-electron chi connectivity index (χ0n) is 12.3. The molecule has 0 aliphatic heterocycles. The zero-order valence-corrected chi connectivity index (χ0v) is 12.3. The van der Waals surface area contributed by atoms with Crippen LogP contribution in [0.4, 0.5) is 0 Å². The fourth-order valence-corrected chi connectivity index (χ4v) is 2.18. The Hall–Kier alpha value is -0.860. The minimum absolute atomic E-state index is 0.157. The van der Waals surface area contributed by atoms with Crippen molar-refractivity contribution in [2.45, 2.75) is 39.7 Å². The highest BCUT2D eigenvalue weighted by molar-refractivity contribution is 5.24. The molecule has 18 heavy (non-hydrogen) atoms. The maximum absolute atomic E-state index is 6.25. The van der Waals surface area contributed by atoms with Gasteiger partial charge in [0.2, 0.25) is 0 Å². The van der Waals surface area contributed by atoms with Crippen LogP contribution in [0.5, 0.6) is 0 Å². The number of aryl methyl sites for hydroxylation is 1. The number of hydrogen-bond donors (Lipinski definition) is 1. The fraction of sp³-hybridized carbons (Fsp3) is 0.625. The van der Waals surface area contributed by atoms with Gasteiger partial charge in [-0.3, -0.25) is 0 Å². The Bertz CT molecular complexity index is 349. The molecule has 1 rings (SSSR count). The molecule has 0 aliphatic rings. The van der Waals surface area contributed by atoms with Crippen molar-refractivity contribution in [3.8, 4) is 0 Å². The van der Waals surface area contributed by atoms with Crippen LogP contribution in [0.25, 0.3) is 0 Å². The summed E-state index contributed by atoms with van der Waals surface area (Å²) in [5.74, 6) is 0.769. The van der Waals surface area contributed by atoms with Gasteiger partial charge in [-0.15, -0.1) is 0 Å². The van der Waals surface area contributed by atoms with Crippen molar-refractivity contribution in [1.82, 2.24) is 4.90 Å². The van der Waals surface area contributed by atoms with Gasteiger partial charge in [-0.05, 0) is 38.4 Å². The van der Waals surface area contributed by atoms with Crippen molar-refractivity contribution in [2.75, 3.05) is 20.1 Å². The molecule has 0 aliphatic carbocycles. The lowest BCUT2D eigenvalue weighted by Crippen LogP contribution is -2.27. The first-order valence-electron chi connectivity index (χ1n) is 7.03. The smallest absolute Gasteiger partial charge is 0.0307 e. The summed E-state index contributed by atoms with van der Waals surface area (Å²) in [5.41, 5.74) is 8.79. The van der Waals surface area contributed by atoms with E-state index in [2.05, 4.69) is 57.0 Å². The molecule has 2 atom stereocenters. The summed E-state index contributed by atoms with van der Waals surface area (Å²) >= 11 is 0. The summed E-state index contributed by atoms with van der Waals surface area (Å²) < 4.78 is 0. The van der Waals surface area contributed by atoms with Crippen LogP contribution < -0.4 is 5.73 Å². The van der Waals surface area contributed by atoms with Crippen molar-refractivity contribution in [3.63, 3.8) is 0 Å². The summed E-state index contributed by atoms with van der Waals surface area (Å²) in [6, 6.07) is 8.69. The average molecular weight is 248 g/mol. The highest BCUT2D eigenvalue weighted by Gasteiger charge is 2.09. The molecule has 0 saturated carbocycles. The molecule has 0 radical (unpaired) electrons. The first-order valence-corrected chi connectivity index (χ1v) is 7.03. The lowest BCUT2D eigenvalue weighted by molar-refractivity contribution is 0.272. The number of rotatable bonds is 7. The normalized spacial score (nSPS) is 14.8. The number of benzene rings is 1. The zero-order chi connectivity index (χ0) is 13.5. The van der Waals surface area contributed by atoms with Gasteiger partial charge in [-0.25, -0.2) is 0 Å². The molecule has 0 fully saturated rings. The summed E-state index contributed by atoms with van der Waals surface area (Å²) in [7, 11) is 2.19. The molecule has 0 saturated heterocycles. The Kier molecular flexibility index (Phi) is 6.37. The van der Waals surface area contributed by atoms with Gasteiger partial charge >= 0.3 is 0 Å². The monoisotopic (exact) mass is 248 g/mol. The second-order valence-electron chi connectivity index (χ2n) is 5.58. The topological polar surface area (TPSA) is 29.3 Å². The third kappa shape index (κ3) is 5.19. The summed E-state index contributed by atoms with van der Waals surface area (Å²) in [6.45, 7) is 8.90. The first-order chi connectivity index (χ1) is 8.52. The van der Waals surface area contributed by atoms with Crippen LogP contribution in [-0.2, 0) is 0 Å². The van der Waals surface area contributed by atoms with E-state index in [4.69, 9.17) is 5.73 Å². The number of hydrogen-bond acceptors (Lipinski definition) is 2. The largest absolute Gasteiger partial charge is 0.324 e. The lowest BCUT2D eigenvalue weighted by atomic mass is 10.0. The van der Waals surface area contributed by atoms with E-state index in [0.29, 0.717) is 0 Å². The Balaban J connectivity index is 2.39. The highest BCUT2D eigenvalue weighted by atomic mass is 15.1. The van der Waals surface area contributed by atoms with Gasteiger partial charge in [0.15, 0.2) is 0 Å². The molecule has 102 valence electrons. The second kappa shape index (κ2) is 7.55. The van der Waals surface area contributed by atoms with Crippen molar-refractivity contribution < 1.29 is 0 Å². The Labute approximate surface area is 112 Å². The van der Waals surface area contributed by atoms with Gasteiger partial charge in [0.1, 0.15) is 0 Å². The molecule has 2 unspecified atom stereocenters. The van der Waals surface area contributed by atoms with E-state index in [1.54, 1.807) is 0 Å². The Morgan fingerprint density at radius 1 is 1.33 bits per heavy atom. The van der Waals surface area contributed by atoms with E-state index in [0.717, 1.165) is 25.4 Å². The van der Waals surface area contributed by atoms with Crippen molar-refractivity contribution in [2.24, 2.45) is 11.7 Å². The molecular formula is C16H28N2. The van der Waals surface area contributed by atoms with Gasteiger partial charge in [0, 0.05) is 12.6 Å². The van der Waals surface area contributed by atoms with E-state index >= 15 is 0 Å². The molecule has 0 amide bonds. The van der Waals surface area contributed by atoms with Crippen LogP contribution in [0.1, 0.15) is 43.9 Å². The van der Waals surface area contributed by atoms with E-state index in [1.165, 1.54) is 17.5 Å². The number of nitrogens with two attached hydrogens (primary N) is 1. The molecule has 2 N–H and O–H groups in total. The summed E-state index contributed by atoms with van der Waals surface area (Å²) in [6.07, 6.45) is 2.27. The lowest BCUT2D eigenvalue weighted by Gasteiger charge is -2.22. The molecule has 0 spiro atoms. The van der Waals surface area contributed by atoms with Crippen LogP contribution in [0.3, 0.4) is 0 Å². The maximum Gasteiger partial charge on any atom is 0.0307 e. The van der Waals surface area contributed by atoms with Gasteiger partial charge in [0.05, 0.1) is 0 Å². The summed E-state index contributed by atoms with van der Waals surface area (Å²) in [5, 5.41) is 0. The molecule has 2 nitrogen and oxygen atoms in total.